The molecule has 0 amide bonds. The summed E-state index contributed by atoms with van der Waals surface area (Å²) in [4.78, 5) is 0. The lowest BCUT2D eigenvalue weighted by atomic mass is 9.88. The van der Waals surface area contributed by atoms with Crippen molar-refractivity contribution in [3.05, 3.63) is 0 Å². The molecule has 4 atom stereocenters. The van der Waals surface area contributed by atoms with Crippen LogP contribution in [0, 0.1) is 5.92 Å². The Bertz CT molecular complexity index is 104. The average molecular weight is 143 g/mol. The molecule has 0 saturated carbocycles. The van der Waals surface area contributed by atoms with E-state index >= 15 is 0 Å². The van der Waals surface area contributed by atoms with Gasteiger partial charge in [0, 0.05) is 12.1 Å². The summed E-state index contributed by atoms with van der Waals surface area (Å²) < 4.78 is 0. The van der Waals surface area contributed by atoms with Gasteiger partial charge in [-0.25, -0.2) is 0 Å². The van der Waals surface area contributed by atoms with Gasteiger partial charge in [0.05, 0.1) is 6.10 Å². The van der Waals surface area contributed by atoms with Gasteiger partial charge in [-0.3, -0.25) is 0 Å². The summed E-state index contributed by atoms with van der Waals surface area (Å²) in [6, 6.07) is 0.931. The van der Waals surface area contributed by atoms with Crippen molar-refractivity contribution in [2.24, 2.45) is 5.92 Å². The van der Waals surface area contributed by atoms with Gasteiger partial charge in [-0.05, 0) is 26.2 Å². The van der Waals surface area contributed by atoms with Crippen molar-refractivity contribution in [2.45, 2.75) is 45.4 Å². The van der Waals surface area contributed by atoms with E-state index in [1.165, 1.54) is 0 Å². The summed E-state index contributed by atoms with van der Waals surface area (Å²) in [7, 11) is 0. The molecule has 0 aliphatic carbocycles. The predicted octanol–water partition coefficient (Wildman–Crippen LogP) is 0.754. The summed E-state index contributed by atoms with van der Waals surface area (Å²) in [6.07, 6.45) is 0.789. The molecule has 1 aliphatic rings. The minimum Gasteiger partial charge on any atom is -0.393 e. The summed E-state index contributed by atoms with van der Waals surface area (Å²) in [5.41, 5.74) is 0. The van der Waals surface area contributed by atoms with E-state index in [4.69, 9.17) is 0 Å². The van der Waals surface area contributed by atoms with Gasteiger partial charge >= 0.3 is 0 Å². The first-order chi connectivity index (χ1) is 4.61. The summed E-state index contributed by atoms with van der Waals surface area (Å²) in [5, 5.41) is 12.9. The summed E-state index contributed by atoms with van der Waals surface area (Å²) in [6.45, 7) is 6.34. The molecule has 0 unspecified atom stereocenters. The van der Waals surface area contributed by atoms with Crippen LogP contribution in [-0.2, 0) is 0 Å². The Labute approximate surface area is 62.6 Å². The zero-order valence-corrected chi connectivity index (χ0v) is 6.96. The first-order valence-electron chi connectivity index (χ1n) is 4.05. The first kappa shape index (κ1) is 8.02. The Morgan fingerprint density at radius 1 is 1.30 bits per heavy atom. The van der Waals surface area contributed by atoms with E-state index < -0.39 is 0 Å². The number of hydrogen-bond donors (Lipinski definition) is 2. The van der Waals surface area contributed by atoms with Crippen LogP contribution >= 0.6 is 0 Å². The molecule has 0 aromatic carbocycles. The van der Waals surface area contributed by atoms with Crippen LogP contribution in [0.15, 0.2) is 0 Å². The van der Waals surface area contributed by atoms with E-state index in [0.717, 1.165) is 6.42 Å². The molecular weight excluding hydrogens is 126 g/mol. The molecule has 60 valence electrons. The number of piperidine rings is 1. The fourth-order valence-electron chi connectivity index (χ4n) is 1.58. The van der Waals surface area contributed by atoms with Crippen LogP contribution in [0.3, 0.4) is 0 Å². The van der Waals surface area contributed by atoms with Crippen molar-refractivity contribution in [3.8, 4) is 0 Å². The van der Waals surface area contributed by atoms with Crippen LogP contribution in [0.5, 0.6) is 0 Å². The topological polar surface area (TPSA) is 32.3 Å². The summed E-state index contributed by atoms with van der Waals surface area (Å²) in [5.74, 6) is 0.399. The third-order valence-electron chi connectivity index (χ3n) is 2.54. The number of aliphatic hydroxyl groups excluding tert-OH is 1. The molecule has 0 aromatic rings. The van der Waals surface area contributed by atoms with Gasteiger partial charge in [0.25, 0.3) is 0 Å². The van der Waals surface area contributed by atoms with Crippen molar-refractivity contribution >= 4 is 0 Å². The predicted molar refractivity (Wildman–Crippen MR) is 41.8 cm³/mol. The molecule has 1 aliphatic heterocycles. The van der Waals surface area contributed by atoms with E-state index in [2.05, 4.69) is 26.1 Å². The molecule has 2 heteroatoms. The largest absolute Gasteiger partial charge is 0.393 e. The lowest BCUT2D eigenvalue weighted by Crippen LogP contribution is -2.50. The number of rotatable bonds is 0. The van der Waals surface area contributed by atoms with Crippen molar-refractivity contribution in [1.29, 1.82) is 0 Å². The van der Waals surface area contributed by atoms with Crippen LogP contribution in [0.1, 0.15) is 27.2 Å². The van der Waals surface area contributed by atoms with E-state index in [-0.39, 0.29) is 6.10 Å². The van der Waals surface area contributed by atoms with Crippen molar-refractivity contribution in [1.82, 2.24) is 5.32 Å². The Morgan fingerprint density at radius 3 is 2.40 bits per heavy atom. The second-order valence-electron chi connectivity index (χ2n) is 3.52. The van der Waals surface area contributed by atoms with Crippen LogP contribution in [0.4, 0.5) is 0 Å². The van der Waals surface area contributed by atoms with Crippen LogP contribution in [-0.4, -0.2) is 23.3 Å². The van der Waals surface area contributed by atoms with Gasteiger partial charge in [0.2, 0.25) is 0 Å². The molecular formula is C8H17NO. The second-order valence-corrected chi connectivity index (χ2v) is 3.52. The third kappa shape index (κ3) is 1.50. The number of hydrogen-bond acceptors (Lipinski definition) is 2. The average Bonchev–Trinajstić information content (AvgIpc) is 1.82. The smallest absolute Gasteiger partial charge is 0.0595 e. The highest BCUT2D eigenvalue weighted by Crippen LogP contribution is 2.19. The molecule has 0 spiro atoms. The Kier molecular flexibility index (Phi) is 2.32. The monoisotopic (exact) mass is 143 g/mol. The number of aliphatic hydroxyl groups is 1. The Balaban J connectivity index is 2.49. The van der Waals surface area contributed by atoms with Crippen LogP contribution in [0.2, 0.25) is 0 Å². The highest BCUT2D eigenvalue weighted by atomic mass is 16.3. The fourth-order valence-corrected chi connectivity index (χ4v) is 1.58. The second kappa shape index (κ2) is 2.89. The fraction of sp³-hybridized carbons (Fsp3) is 1.00. The number of nitrogens with one attached hydrogen (secondary N) is 1. The van der Waals surface area contributed by atoms with E-state index in [1.54, 1.807) is 0 Å². The molecule has 0 bridgehead atoms. The lowest BCUT2D eigenvalue weighted by Gasteiger charge is -2.35. The van der Waals surface area contributed by atoms with E-state index in [0.29, 0.717) is 18.0 Å². The van der Waals surface area contributed by atoms with E-state index in [9.17, 15) is 5.11 Å². The standard InChI is InChI=1S/C8H17NO/c1-5-4-8(10)6(2)7(3)9-5/h5-10H,4H2,1-3H3/t5-,6+,7+,8+/m1/s1. The Hall–Kier alpha value is -0.0800. The normalized spacial score (nSPS) is 49.2. The molecule has 1 heterocycles. The molecule has 1 saturated heterocycles. The minimum absolute atomic E-state index is 0.105. The Morgan fingerprint density at radius 2 is 1.90 bits per heavy atom. The van der Waals surface area contributed by atoms with Crippen molar-refractivity contribution in [3.63, 3.8) is 0 Å². The highest BCUT2D eigenvalue weighted by Gasteiger charge is 2.28. The molecule has 2 N–H and O–H groups in total. The molecule has 1 rings (SSSR count). The van der Waals surface area contributed by atoms with Gasteiger partial charge in [-0.2, -0.15) is 0 Å². The SMILES string of the molecule is C[C@H]1[C@H](C)N[C@H](C)C[C@@H]1O. The zero-order chi connectivity index (χ0) is 7.72. The maximum absolute atomic E-state index is 9.48. The van der Waals surface area contributed by atoms with Crippen LogP contribution in [0.25, 0.3) is 0 Å². The molecule has 2 nitrogen and oxygen atoms in total. The van der Waals surface area contributed by atoms with Gasteiger partial charge in [0.1, 0.15) is 0 Å². The van der Waals surface area contributed by atoms with Gasteiger partial charge < -0.3 is 10.4 Å². The molecule has 1 fully saturated rings. The van der Waals surface area contributed by atoms with Crippen molar-refractivity contribution < 1.29 is 5.11 Å². The van der Waals surface area contributed by atoms with Crippen LogP contribution < -0.4 is 5.32 Å². The summed E-state index contributed by atoms with van der Waals surface area (Å²) >= 11 is 0. The third-order valence-corrected chi connectivity index (χ3v) is 2.54. The van der Waals surface area contributed by atoms with Gasteiger partial charge in [-0.1, -0.05) is 6.92 Å². The van der Waals surface area contributed by atoms with Crippen molar-refractivity contribution in [2.75, 3.05) is 0 Å². The van der Waals surface area contributed by atoms with E-state index in [1.807, 2.05) is 0 Å². The molecule has 0 radical (unpaired) electrons. The first-order valence-corrected chi connectivity index (χ1v) is 4.05. The van der Waals surface area contributed by atoms with Gasteiger partial charge in [0.15, 0.2) is 0 Å². The maximum Gasteiger partial charge on any atom is 0.0595 e. The van der Waals surface area contributed by atoms with Gasteiger partial charge in [-0.15, -0.1) is 0 Å². The quantitative estimate of drug-likeness (QED) is 0.524. The zero-order valence-electron chi connectivity index (χ0n) is 6.96. The minimum atomic E-state index is -0.105. The molecule has 10 heavy (non-hydrogen) atoms. The molecule has 0 aromatic heterocycles. The maximum atomic E-state index is 9.48. The lowest BCUT2D eigenvalue weighted by molar-refractivity contribution is 0.0493. The highest BCUT2D eigenvalue weighted by molar-refractivity contribution is 4.85.